The van der Waals surface area contributed by atoms with E-state index in [2.05, 4.69) is 217 Å². The van der Waals surface area contributed by atoms with Crippen LogP contribution in [0.4, 0.5) is 0 Å². The van der Waals surface area contributed by atoms with Crippen molar-refractivity contribution in [3.8, 4) is 28.5 Å². The summed E-state index contributed by atoms with van der Waals surface area (Å²) in [7, 11) is -1.93. The van der Waals surface area contributed by atoms with Gasteiger partial charge in [0, 0.05) is 35.9 Å². The maximum atomic E-state index is 5.47. The number of nitrogens with zero attached hydrogens (tertiary/aromatic N) is 4. The Kier molecular flexibility index (Phi) is 7.93. The SMILES string of the molecule is c1ccc(S(c2ccccc2)(c2ccccc2)c2cccc(-c3nc(C4c5ccccc5-c5ccccc54)nc(-n4c5ccccc5c5ccccc54)n3)c2)cc1. The zero-order chi connectivity index (χ0) is 37.8. The van der Waals surface area contributed by atoms with Gasteiger partial charge >= 0.3 is 0 Å². The van der Waals surface area contributed by atoms with Gasteiger partial charge in [-0.25, -0.2) is 4.98 Å². The number of rotatable bonds is 7. The summed E-state index contributed by atoms with van der Waals surface area (Å²) in [6, 6.07) is 76.2. The molecule has 0 bridgehead atoms. The van der Waals surface area contributed by atoms with Gasteiger partial charge in [0.2, 0.25) is 5.95 Å². The van der Waals surface area contributed by atoms with Gasteiger partial charge in [0.25, 0.3) is 0 Å². The van der Waals surface area contributed by atoms with Crippen LogP contribution in [-0.4, -0.2) is 19.5 Å². The van der Waals surface area contributed by atoms with E-state index in [-0.39, 0.29) is 5.92 Å². The third-order valence-electron chi connectivity index (χ3n) is 11.2. The first-order valence-electron chi connectivity index (χ1n) is 19.3. The van der Waals surface area contributed by atoms with Gasteiger partial charge in [-0.05, 0) is 82.9 Å². The predicted octanol–water partition coefficient (Wildman–Crippen LogP) is 13.1. The Morgan fingerprint density at radius 3 is 1.39 bits per heavy atom. The third kappa shape index (κ3) is 5.27. The summed E-state index contributed by atoms with van der Waals surface area (Å²) in [5, 5.41) is 2.33. The molecule has 4 nitrogen and oxygen atoms in total. The number of para-hydroxylation sites is 2. The number of hydrogen-bond donors (Lipinski definition) is 0. The van der Waals surface area contributed by atoms with Gasteiger partial charge in [-0.3, -0.25) is 4.57 Å². The molecule has 10 aromatic rings. The number of fused-ring (bicyclic) bond motifs is 6. The number of aromatic nitrogens is 4. The molecule has 2 heterocycles. The largest absolute Gasteiger partial charge is 0.278 e. The van der Waals surface area contributed by atoms with Crippen molar-refractivity contribution in [1.82, 2.24) is 19.5 Å². The van der Waals surface area contributed by atoms with E-state index in [9.17, 15) is 0 Å². The molecular weight excluding hydrogens is 713 g/mol. The van der Waals surface area contributed by atoms with E-state index in [1.807, 2.05) is 0 Å². The number of hydrogen-bond acceptors (Lipinski definition) is 3. The van der Waals surface area contributed by atoms with Crippen molar-refractivity contribution in [2.24, 2.45) is 0 Å². The standard InChI is InChI=1S/C52H36N4S/c1-4-20-37(21-5-1)57(38-22-6-2-7-23-38,39-24-8-3-9-25-39)40-26-18-19-36(35-40)50-53-51(49-45-31-12-10-27-41(45)42-28-11-13-32-46(42)49)55-52(54-50)56-47-33-16-14-29-43(47)44-30-15-17-34-48(44)56/h1-35,49H. The maximum Gasteiger partial charge on any atom is 0.238 e. The van der Waals surface area contributed by atoms with Crippen LogP contribution >= 0.6 is 10.0 Å². The van der Waals surface area contributed by atoms with E-state index in [4.69, 9.17) is 15.0 Å². The van der Waals surface area contributed by atoms with Crippen LogP contribution in [0.15, 0.2) is 232 Å². The molecule has 270 valence electrons. The van der Waals surface area contributed by atoms with Crippen LogP contribution in [0.3, 0.4) is 0 Å². The third-order valence-corrected chi connectivity index (χ3v) is 15.1. The Balaban J connectivity index is 1.20. The van der Waals surface area contributed by atoms with Gasteiger partial charge in [-0.2, -0.15) is 9.97 Å². The second-order valence-corrected chi connectivity index (χ2v) is 17.5. The molecule has 11 rings (SSSR count). The molecule has 0 unspecified atom stereocenters. The molecule has 5 heteroatoms. The van der Waals surface area contributed by atoms with Crippen molar-refractivity contribution in [3.63, 3.8) is 0 Å². The summed E-state index contributed by atoms with van der Waals surface area (Å²) < 4.78 is 2.21. The second-order valence-electron chi connectivity index (χ2n) is 14.4. The summed E-state index contributed by atoms with van der Waals surface area (Å²) in [6.45, 7) is 0. The highest BCUT2D eigenvalue weighted by Gasteiger charge is 2.35. The van der Waals surface area contributed by atoms with Crippen LogP contribution in [0, 0.1) is 0 Å². The van der Waals surface area contributed by atoms with E-state index >= 15 is 0 Å². The Hall–Kier alpha value is -7.08. The van der Waals surface area contributed by atoms with Crippen molar-refractivity contribution < 1.29 is 0 Å². The molecule has 0 saturated heterocycles. The van der Waals surface area contributed by atoms with Gasteiger partial charge in [0.1, 0.15) is 5.82 Å². The quantitative estimate of drug-likeness (QED) is 0.163. The fourth-order valence-electron chi connectivity index (χ4n) is 8.83. The molecule has 0 N–H and O–H groups in total. The van der Waals surface area contributed by atoms with Gasteiger partial charge < -0.3 is 0 Å². The van der Waals surface area contributed by atoms with Crippen LogP contribution in [-0.2, 0) is 0 Å². The fourth-order valence-corrected chi connectivity index (χ4v) is 12.7. The lowest BCUT2D eigenvalue weighted by Gasteiger charge is -2.42. The Morgan fingerprint density at radius 2 is 0.842 bits per heavy atom. The van der Waals surface area contributed by atoms with Crippen LogP contribution in [0.25, 0.3) is 50.3 Å². The van der Waals surface area contributed by atoms with Crippen molar-refractivity contribution in [2.75, 3.05) is 0 Å². The molecular formula is C52H36N4S. The first-order chi connectivity index (χ1) is 28.3. The lowest BCUT2D eigenvalue weighted by Crippen LogP contribution is -2.12. The molecule has 1 aliphatic rings. The minimum atomic E-state index is -1.93. The Bertz CT molecular complexity index is 2890. The normalized spacial score (nSPS) is 12.8. The Morgan fingerprint density at radius 1 is 0.386 bits per heavy atom. The fraction of sp³-hybridized carbons (Fsp3) is 0.0192. The van der Waals surface area contributed by atoms with Crippen molar-refractivity contribution in [1.29, 1.82) is 0 Å². The van der Waals surface area contributed by atoms with Crippen LogP contribution in [0.2, 0.25) is 0 Å². The summed E-state index contributed by atoms with van der Waals surface area (Å²) in [5.41, 5.74) is 7.92. The molecule has 1 aliphatic carbocycles. The van der Waals surface area contributed by atoms with Gasteiger partial charge in [-0.1, -0.05) is 152 Å². The van der Waals surface area contributed by atoms with E-state index in [0.717, 1.165) is 33.2 Å². The van der Waals surface area contributed by atoms with Gasteiger partial charge in [0.05, 0.1) is 17.0 Å². The minimum Gasteiger partial charge on any atom is -0.278 e. The first kappa shape index (κ1) is 33.3. The summed E-state index contributed by atoms with van der Waals surface area (Å²) in [4.78, 5) is 21.3. The zero-order valence-electron chi connectivity index (χ0n) is 31.0. The van der Waals surface area contributed by atoms with Crippen LogP contribution < -0.4 is 0 Å². The molecule has 0 saturated carbocycles. The van der Waals surface area contributed by atoms with Crippen molar-refractivity contribution >= 4 is 31.8 Å². The second kappa shape index (κ2) is 13.6. The lowest BCUT2D eigenvalue weighted by molar-refractivity contribution is 0.823. The first-order valence-corrected chi connectivity index (χ1v) is 20.9. The van der Waals surface area contributed by atoms with Gasteiger partial charge in [0.15, 0.2) is 5.82 Å². The average Bonchev–Trinajstić information content (AvgIpc) is 3.81. The zero-order valence-corrected chi connectivity index (χ0v) is 31.8. The van der Waals surface area contributed by atoms with Crippen LogP contribution in [0.1, 0.15) is 22.9 Å². The molecule has 0 spiro atoms. The monoisotopic (exact) mass is 748 g/mol. The molecule has 8 aromatic carbocycles. The summed E-state index contributed by atoms with van der Waals surface area (Å²) in [5.74, 6) is 1.82. The van der Waals surface area contributed by atoms with E-state index in [1.165, 1.54) is 41.8 Å². The number of benzene rings is 8. The Labute approximate surface area is 333 Å². The van der Waals surface area contributed by atoms with E-state index in [0.29, 0.717) is 11.8 Å². The molecule has 0 radical (unpaired) electrons. The minimum absolute atomic E-state index is 0.156. The molecule has 0 aliphatic heterocycles. The highest BCUT2D eigenvalue weighted by molar-refractivity contribution is 8.34. The molecule has 0 fully saturated rings. The average molecular weight is 749 g/mol. The lowest BCUT2D eigenvalue weighted by atomic mass is 9.96. The van der Waals surface area contributed by atoms with Crippen molar-refractivity contribution in [3.05, 3.63) is 229 Å². The van der Waals surface area contributed by atoms with E-state index < -0.39 is 10.0 Å². The predicted molar refractivity (Wildman–Crippen MR) is 232 cm³/mol. The maximum absolute atomic E-state index is 5.47. The van der Waals surface area contributed by atoms with Gasteiger partial charge in [-0.15, -0.1) is 10.0 Å². The molecule has 0 atom stereocenters. The van der Waals surface area contributed by atoms with E-state index in [1.54, 1.807) is 0 Å². The molecule has 0 amide bonds. The molecule has 57 heavy (non-hydrogen) atoms. The van der Waals surface area contributed by atoms with Crippen LogP contribution in [0.5, 0.6) is 0 Å². The summed E-state index contributed by atoms with van der Waals surface area (Å²) >= 11 is 0. The summed E-state index contributed by atoms with van der Waals surface area (Å²) in [6.07, 6.45) is 0. The smallest absolute Gasteiger partial charge is 0.238 e. The highest BCUT2D eigenvalue weighted by Crippen LogP contribution is 2.73. The topological polar surface area (TPSA) is 43.6 Å². The highest BCUT2D eigenvalue weighted by atomic mass is 32.3. The molecule has 2 aromatic heterocycles. The van der Waals surface area contributed by atoms with Crippen molar-refractivity contribution in [2.45, 2.75) is 25.5 Å².